The molecule has 2 aliphatic rings. The molecule has 0 unspecified atom stereocenters. The zero-order valence-corrected chi connectivity index (χ0v) is 28.9. The molecule has 1 amide bonds. The van der Waals surface area contributed by atoms with E-state index in [9.17, 15) is 22.5 Å². The van der Waals surface area contributed by atoms with Crippen molar-refractivity contribution in [2.75, 3.05) is 6.54 Å². The monoisotopic (exact) mass is 760 g/mol. The minimum atomic E-state index is -4.11. The van der Waals surface area contributed by atoms with E-state index in [0.29, 0.717) is 17.7 Å². The maximum Gasteiger partial charge on any atom is 0.410 e. The molecule has 256 valence electrons. The Hall–Kier alpha value is -2.76. The predicted octanol–water partition coefficient (Wildman–Crippen LogP) is 7.30. The van der Waals surface area contributed by atoms with Crippen LogP contribution in [0.2, 0.25) is 5.02 Å². The number of likely N-dealkylation sites (tertiary alicyclic amines) is 1. The van der Waals surface area contributed by atoms with Crippen molar-refractivity contribution in [3.63, 3.8) is 0 Å². The summed E-state index contributed by atoms with van der Waals surface area (Å²) >= 11 is 8.84. The molecule has 11 nitrogen and oxygen atoms in total. The van der Waals surface area contributed by atoms with E-state index >= 15 is 13.2 Å². The van der Waals surface area contributed by atoms with Crippen LogP contribution in [0.3, 0.4) is 0 Å². The average molecular weight is 762 g/mol. The van der Waals surface area contributed by atoms with Crippen LogP contribution in [-0.4, -0.2) is 65.4 Å². The van der Waals surface area contributed by atoms with Crippen LogP contribution in [0.15, 0.2) is 34.2 Å². The summed E-state index contributed by atoms with van der Waals surface area (Å²) in [5, 5.41) is 1.21. The molecule has 2 fully saturated rings. The summed E-state index contributed by atoms with van der Waals surface area (Å²) in [5.74, 6) is -6.15. The average Bonchev–Trinajstić information content (AvgIpc) is 3.72. The van der Waals surface area contributed by atoms with Gasteiger partial charge in [-0.25, -0.2) is 40.5 Å². The summed E-state index contributed by atoms with van der Waals surface area (Å²) in [6.45, 7) is 8.79. The fourth-order valence-corrected chi connectivity index (χ4v) is 6.29. The Morgan fingerprint density at radius 3 is 2.33 bits per heavy atom. The zero-order chi connectivity index (χ0) is 34.8. The molecule has 0 radical (unpaired) electrons. The molecule has 1 aromatic carbocycles. The number of ether oxygens (including phenoxy) is 2. The van der Waals surface area contributed by atoms with E-state index in [-0.39, 0.29) is 21.1 Å². The summed E-state index contributed by atoms with van der Waals surface area (Å²) < 4.78 is 97.5. The number of carbonyl (C=O) groups is 1. The fourth-order valence-electron chi connectivity index (χ4n) is 4.20. The number of pyridine rings is 1. The molecular weight excluding hydrogens is 728 g/mol. The van der Waals surface area contributed by atoms with E-state index in [2.05, 4.69) is 35.8 Å². The quantitative estimate of drug-likeness (QED) is 0.128. The van der Waals surface area contributed by atoms with E-state index in [1.807, 2.05) is 0 Å². The molecule has 2 atom stereocenters. The second-order valence-corrected chi connectivity index (χ2v) is 15.8. The van der Waals surface area contributed by atoms with Gasteiger partial charge in [0, 0.05) is 6.07 Å². The molecule has 2 heterocycles. The fraction of sp³-hybridized carbons (Fsp3) is 0.571. The van der Waals surface area contributed by atoms with Crippen LogP contribution in [0.25, 0.3) is 0 Å². The first-order chi connectivity index (χ1) is 21.0. The number of carbonyl (C=O) groups excluding carboxylic acids is 1. The third-order valence-electron chi connectivity index (χ3n) is 6.35. The van der Waals surface area contributed by atoms with Gasteiger partial charge >= 0.3 is 6.09 Å². The first-order valence-corrected chi connectivity index (χ1v) is 16.6. The second-order valence-electron chi connectivity index (χ2n) is 12.6. The van der Waals surface area contributed by atoms with Gasteiger partial charge in [-0.3, -0.25) is 4.90 Å². The summed E-state index contributed by atoms with van der Waals surface area (Å²) in [7, 11) is -4.11. The van der Waals surface area contributed by atoms with Gasteiger partial charge in [-0.05, 0) is 88.4 Å². The van der Waals surface area contributed by atoms with Crippen LogP contribution in [0.5, 0.6) is 11.6 Å². The minimum Gasteiger partial charge on any atom is -0.444 e. The van der Waals surface area contributed by atoms with Crippen LogP contribution in [0, 0.1) is 16.5 Å². The molecule has 1 saturated carbocycles. The van der Waals surface area contributed by atoms with Crippen molar-refractivity contribution in [1.29, 1.82) is 0 Å². The highest BCUT2D eigenvalue weighted by molar-refractivity contribution is 9.10. The van der Waals surface area contributed by atoms with Crippen molar-refractivity contribution in [2.24, 2.45) is 5.34 Å². The van der Waals surface area contributed by atoms with Crippen molar-refractivity contribution in [2.45, 2.75) is 95.3 Å². The van der Waals surface area contributed by atoms with E-state index in [1.54, 1.807) is 41.5 Å². The molecule has 0 bridgehead atoms. The van der Waals surface area contributed by atoms with Crippen LogP contribution in [0.4, 0.5) is 22.4 Å². The van der Waals surface area contributed by atoms with E-state index in [4.69, 9.17) is 21.1 Å². The van der Waals surface area contributed by atoms with Crippen molar-refractivity contribution < 1.29 is 45.1 Å². The molecule has 0 spiro atoms. The standard InChI is InChI=1S/C24H25BrClF4N3O5S.C4H9NO2/c1-23(2,3)38-22(34)33-11-24(29,30)19(32-39(35,36)13-7-8-13)16(33)9-12-5-4-6-17(18(12)28)37-21-14(26)10-15(27)20(25)31-21;1-4(2,3)7-5-6/h4-6,10,13,16,19,32H,7-9,11H2,1-3H3;1-3H3/t16-,19+;/m0./s1. The van der Waals surface area contributed by atoms with Crippen molar-refractivity contribution >= 4 is 43.6 Å². The Morgan fingerprint density at radius 1 is 1.17 bits per heavy atom. The van der Waals surface area contributed by atoms with Gasteiger partial charge in [-0.1, -0.05) is 23.7 Å². The normalized spacial score (nSPS) is 19.6. The Labute approximate surface area is 277 Å². The summed E-state index contributed by atoms with van der Waals surface area (Å²) in [6, 6.07) is 1.24. The molecule has 46 heavy (non-hydrogen) atoms. The molecular formula is C28H34BrClF4N4O7S. The second kappa shape index (κ2) is 14.2. The number of halogens is 6. The smallest absolute Gasteiger partial charge is 0.410 e. The van der Waals surface area contributed by atoms with Crippen LogP contribution < -0.4 is 9.46 Å². The maximum absolute atomic E-state index is 15.6. The lowest BCUT2D eigenvalue weighted by Crippen LogP contribution is -2.53. The topological polar surface area (TPSA) is 136 Å². The van der Waals surface area contributed by atoms with Crippen molar-refractivity contribution in [3.8, 4) is 11.6 Å². The number of hydrogen-bond donors (Lipinski definition) is 1. The van der Waals surface area contributed by atoms with Crippen molar-refractivity contribution in [3.05, 3.63) is 56.0 Å². The summed E-state index contributed by atoms with van der Waals surface area (Å²) in [4.78, 5) is 31.1. The highest BCUT2D eigenvalue weighted by Gasteiger charge is 2.59. The highest BCUT2D eigenvalue weighted by atomic mass is 79.9. The van der Waals surface area contributed by atoms with Gasteiger partial charge in [-0.2, -0.15) is 0 Å². The Kier molecular flexibility index (Phi) is 11.6. The summed E-state index contributed by atoms with van der Waals surface area (Å²) in [6.07, 6.45) is -0.944. The number of hydrogen-bond acceptors (Lipinski definition) is 9. The number of amides is 1. The lowest BCUT2D eigenvalue weighted by molar-refractivity contribution is -0.0123. The number of benzene rings is 1. The number of nitrogens with one attached hydrogen (secondary N) is 1. The molecule has 1 aliphatic carbocycles. The van der Waals surface area contributed by atoms with E-state index in [1.165, 1.54) is 18.2 Å². The largest absolute Gasteiger partial charge is 0.444 e. The molecule has 4 rings (SSSR count). The van der Waals surface area contributed by atoms with Gasteiger partial charge in [0.25, 0.3) is 5.92 Å². The third-order valence-corrected chi connectivity index (χ3v) is 9.11. The number of sulfonamides is 1. The van der Waals surface area contributed by atoms with Crippen LogP contribution in [-0.2, 0) is 26.0 Å². The molecule has 1 aromatic heterocycles. The molecule has 1 N–H and O–H groups in total. The lowest BCUT2D eigenvalue weighted by atomic mass is 9.98. The Morgan fingerprint density at radius 2 is 1.80 bits per heavy atom. The van der Waals surface area contributed by atoms with Crippen molar-refractivity contribution in [1.82, 2.24) is 14.6 Å². The van der Waals surface area contributed by atoms with Crippen LogP contribution >= 0.6 is 27.5 Å². The first kappa shape index (κ1) is 37.7. The lowest BCUT2D eigenvalue weighted by Gasteiger charge is -2.30. The molecule has 1 saturated heterocycles. The Bertz CT molecular complexity index is 1550. The highest BCUT2D eigenvalue weighted by Crippen LogP contribution is 2.39. The third kappa shape index (κ3) is 10.1. The minimum absolute atomic E-state index is 0.156. The van der Waals surface area contributed by atoms with E-state index < -0.39 is 80.9 Å². The number of alkyl halides is 2. The van der Waals surface area contributed by atoms with Gasteiger partial charge in [0.05, 0.1) is 17.8 Å². The van der Waals surface area contributed by atoms with E-state index in [0.717, 1.165) is 6.07 Å². The SMILES string of the molecule is CC(C)(C)OC(=O)N1CC(F)(F)[C@H](NS(=O)(=O)C2CC2)[C@@H]1Cc1cccc(Oc2nc(Br)c(F)cc2Cl)c1F.CC(C)(C)ON=O. The predicted molar refractivity (Wildman–Crippen MR) is 164 cm³/mol. The summed E-state index contributed by atoms with van der Waals surface area (Å²) in [5.41, 5.74) is -1.62. The molecule has 1 aliphatic heterocycles. The Balaban J connectivity index is 0.000000738. The number of nitrogens with zero attached hydrogens (tertiary/aromatic N) is 3. The zero-order valence-electron chi connectivity index (χ0n) is 25.7. The molecule has 18 heteroatoms. The number of rotatable bonds is 8. The van der Waals surface area contributed by atoms with Gasteiger partial charge in [0.1, 0.15) is 26.9 Å². The van der Waals surface area contributed by atoms with Gasteiger partial charge in [0.15, 0.2) is 22.7 Å². The van der Waals surface area contributed by atoms with Crippen LogP contribution in [0.1, 0.15) is 59.9 Å². The maximum atomic E-state index is 15.6. The van der Waals surface area contributed by atoms with Gasteiger partial charge in [0.2, 0.25) is 15.9 Å². The van der Waals surface area contributed by atoms with Gasteiger partial charge < -0.3 is 14.3 Å². The molecule has 2 aromatic rings. The number of aromatic nitrogens is 1. The van der Waals surface area contributed by atoms with Gasteiger partial charge in [-0.15, -0.1) is 4.91 Å². The first-order valence-electron chi connectivity index (χ1n) is 13.9.